The van der Waals surface area contributed by atoms with Crippen molar-refractivity contribution >= 4 is 5.91 Å². The van der Waals surface area contributed by atoms with Crippen molar-refractivity contribution in [3.05, 3.63) is 0 Å². The molecule has 0 aromatic rings. The van der Waals surface area contributed by atoms with Crippen LogP contribution in [-0.2, 0) is 4.79 Å². The Bertz CT molecular complexity index is 262. The third-order valence-corrected chi connectivity index (χ3v) is 2.32. The van der Waals surface area contributed by atoms with Crippen molar-refractivity contribution < 1.29 is 4.79 Å². The summed E-state index contributed by atoms with van der Waals surface area (Å²) in [5.74, 6) is 6.40. The lowest BCUT2D eigenvalue weighted by Gasteiger charge is -2.18. The number of rotatable bonds is 1. The molecule has 1 fully saturated rings. The van der Waals surface area contributed by atoms with Crippen LogP contribution >= 0.6 is 0 Å². The van der Waals surface area contributed by atoms with Gasteiger partial charge in [-0.05, 0) is 26.9 Å². The molecule has 0 aromatic carbocycles. The Labute approximate surface area is 86.1 Å². The first-order chi connectivity index (χ1) is 6.61. The molecule has 1 saturated heterocycles. The third-order valence-electron chi connectivity index (χ3n) is 2.32. The Morgan fingerprint density at radius 3 is 2.86 bits per heavy atom. The fraction of sp³-hybridized carbons (Fsp3) is 0.727. The maximum atomic E-state index is 11.2. The van der Waals surface area contributed by atoms with Crippen molar-refractivity contribution in [1.82, 2.24) is 9.80 Å². The van der Waals surface area contributed by atoms with Crippen LogP contribution < -0.4 is 0 Å². The molecule has 0 bridgehead atoms. The maximum Gasteiger partial charge on any atom is 0.220 e. The highest BCUT2D eigenvalue weighted by Gasteiger charge is 2.24. The smallest absolute Gasteiger partial charge is 0.220 e. The molecule has 0 N–H and O–H groups in total. The van der Waals surface area contributed by atoms with Gasteiger partial charge in [0.1, 0.15) is 0 Å². The second kappa shape index (κ2) is 5.02. The van der Waals surface area contributed by atoms with Gasteiger partial charge in [-0.25, -0.2) is 0 Å². The van der Waals surface area contributed by atoms with E-state index in [1.165, 1.54) is 0 Å². The van der Waals surface area contributed by atoms with Crippen molar-refractivity contribution in [1.29, 1.82) is 0 Å². The van der Waals surface area contributed by atoms with Gasteiger partial charge in [0, 0.05) is 13.5 Å². The van der Waals surface area contributed by atoms with Crippen molar-refractivity contribution in [3.8, 4) is 11.8 Å². The minimum atomic E-state index is 0.145. The van der Waals surface area contributed by atoms with E-state index < -0.39 is 0 Å². The topological polar surface area (TPSA) is 23.6 Å². The van der Waals surface area contributed by atoms with E-state index in [1.807, 2.05) is 23.9 Å². The van der Waals surface area contributed by atoms with Crippen molar-refractivity contribution in [2.24, 2.45) is 0 Å². The number of hydrogen-bond donors (Lipinski definition) is 0. The molecule has 1 aliphatic rings. The largest absolute Gasteiger partial charge is 0.329 e. The fourth-order valence-corrected chi connectivity index (χ4v) is 1.62. The summed E-state index contributed by atoms with van der Waals surface area (Å²) in [6, 6.07) is 0.160. The van der Waals surface area contributed by atoms with Gasteiger partial charge in [0.15, 0.2) is 0 Å². The number of amides is 1. The summed E-state index contributed by atoms with van der Waals surface area (Å²) in [5, 5.41) is 0. The minimum Gasteiger partial charge on any atom is -0.329 e. The zero-order valence-electron chi connectivity index (χ0n) is 9.21. The van der Waals surface area contributed by atoms with Crippen LogP contribution in [0.4, 0.5) is 0 Å². The van der Waals surface area contributed by atoms with Crippen LogP contribution in [0.15, 0.2) is 0 Å². The van der Waals surface area contributed by atoms with Crippen molar-refractivity contribution in [3.63, 3.8) is 0 Å². The number of carbonyl (C=O) groups excluding carboxylic acids is 1. The molecule has 3 heteroatoms. The zero-order chi connectivity index (χ0) is 10.6. The molecular formula is C11H18N2O. The molecule has 0 saturated carbocycles. The van der Waals surface area contributed by atoms with E-state index in [1.54, 1.807) is 6.92 Å². The van der Waals surface area contributed by atoms with E-state index in [4.69, 9.17) is 0 Å². The molecule has 1 heterocycles. The first-order valence-electron chi connectivity index (χ1n) is 5.01. The van der Waals surface area contributed by atoms with Gasteiger partial charge >= 0.3 is 0 Å². The highest BCUT2D eigenvalue weighted by molar-refractivity contribution is 5.74. The number of likely N-dealkylation sites (tertiary alicyclic amines) is 1. The molecule has 1 amide bonds. The van der Waals surface area contributed by atoms with E-state index in [2.05, 4.69) is 11.8 Å². The average Bonchev–Trinajstić information content (AvgIpc) is 2.51. The Morgan fingerprint density at radius 2 is 2.29 bits per heavy atom. The summed E-state index contributed by atoms with van der Waals surface area (Å²) < 4.78 is 0. The Hall–Kier alpha value is -1.01. The SMILES string of the molecule is CC(=O)N1CCC[C@H]1C#CCN(C)C. The summed E-state index contributed by atoms with van der Waals surface area (Å²) >= 11 is 0. The quantitative estimate of drug-likeness (QED) is 0.570. The van der Waals surface area contributed by atoms with Gasteiger partial charge in [-0.3, -0.25) is 9.69 Å². The summed E-state index contributed by atoms with van der Waals surface area (Å²) in [6.07, 6.45) is 2.11. The van der Waals surface area contributed by atoms with E-state index in [0.717, 1.165) is 25.9 Å². The van der Waals surface area contributed by atoms with Gasteiger partial charge in [-0.2, -0.15) is 0 Å². The molecule has 1 rings (SSSR count). The second-order valence-corrected chi connectivity index (χ2v) is 3.93. The summed E-state index contributed by atoms with van der Waals surface area (Å²) in [6.45, 7) is 3.25. The Balaban J connectivity index is 2.49. The minimum absolute atomic E-state index is 0.145. The fourth-order valence-electron chi connectivity index (χ4n) is 1.62. The molecular weight excluding hydrogens is 176 g/mol. The predicted octanol–water partition coefficient (Wildman–Crippen LogP) is 0.562. The first-order valence-corrected chi connectivity index (χ1v) is 5.01. The molecule has 1 aliphatic heterocycles. The van der Waals surface area contributed by atoms with Crippen LogP contribution in [0.25, 0.3) is 0 Å². The van der Waals surface area contributed by atoms with Gasteiger partial charge in [0.2, 0.25) is 5.91 Å². The molecule has 1 atom stereocenters. The van der Waals surface area contributed by atoms with Crippen LogP contribution in [0, 0.1) is 11.8 Å². The molecule has 0 aromatic heterocycles. The molecule has 0 spiro atoms. The molecule has 0 unspecified atom stereocenters. The van der Waals surface area contributed by atoms with Gasteiger partial charge in [0.25, 0.3) is 0 Å². The normalized spacial score (nSPS) is 20.9. The number of hydrogen-bond acceptors (Lipinski definition) is 2. The highest BCUT2D eigenvalue weighted by Crippen LogP contribution is 2.15. The maximum absolute atomic E-state index is 11.2. The molecule has 0 aliphatic carbocycles. The summed E-state index contributed by atoms with van der Waals surface area (Å²) in [5.41, 5.74) is 0. The lowest BCUT2D eigenvalue weighted by molar-refractivity contribution is -0.128. The van der Waals surface area contributed by atoms with E-state index in [0.29, 0.717) is 0 Å². The van der Waals surface area contributed by atoms with E-state index in [-0.39, 0.29) is 11.9 Å². The summed E-state index contributed by atoms with van der Waals surface area (Å²) in [7, 11) is 3.98. The van der Waals surface area contributed by atoms with Gasteiger partial charge < -0.3 is 4.90 Å². The lowest BCUT2D eigenvalue weighted by Crippen LogP contribution is -2.32. The van der Waals surface area contributed by atoms with Crippen LogP contribution in [0.2, 0.25) is 0 Å². The molecule has 14 heavy (non-hydrogen) atoms. The van der Waals surface area contributed by atoms with Crippen LogP contribution in [0.1, 0.15) is 19.8 Å². The van der Waals surface area contributed by atoms with Crippen LogP contribution in [0.5, 0.6) is 0 Å². The Morgan fingerprint density at radius 1 is 1.57 bits per heavy atom. The second-order valence-electron chi connectivity index (χ2n) is 3.93. The average molecular weight is 194 g/mol. The Kier molecular flexibility index (Phi) is 3.97. The predicted molar refractivity (Wildman–Crippen MR) is 56.7 cm³/mol. The molecule has 3 nitrogen and oxygen atoms in total. The van der Waals surface area contributed by atoms with Crippen molar-refractivity contribution in [2.45, 2.75) is 25.8 Å². The third kappa shape index (κ3) is 3.04. The van der Waals surface area contributed by atoms with Gasteiger partial charge in [-0.1, -0.05) is 11.8 Å². The van der Waals surface area contributed by atoms with Crippen molar-refractivity contribution in [2.75, 3.05) is 27.2 Å². The van der Waals surface area contributed by atoms with Gasteiger partial charge in [0.05, 0.1) is 12.6 Å². The zero-order valence-corrected chi connectivity index (χ0v) is 9.21. The monoisotopic (exact) mass is 194 g/mol. The molecule has 0 radical (unpaired) electrons. The molecule has 78 valence electrons. The highest BCUT2D eigenvalue weighted by atomic mass is 16.2. The van der Waals surface area contributed by atoms with Crippen LogP contribution in [-0.4, -0.2) is 48.9 Å². The van der Waals surface area contributed by atoms with E-state index in [9.17, 15) is 4.79 Å². The van der Waals surface area contributed by atoms with Gasteiger partial charge in [-0.15, -0.1) is 0 Å². The lowest BCUT2D eigenvalue weighted by atomic mass is 10.2. The standard InChI is InChI=1S/C11H18N2O/c1-10(14)13-9-5-7-11(13)6-4-8-12(2)3/h11H,5,7-9H2,1-3H3/t11-/m1/s1. The number of carbonyl (C=O) groups is 1. The number of nitrogens with zero attached hydrogens (tertiary/aromatic N) is 2. The summed E-state index contributed by atoms with van der Waals surface area (Å²) in [4.78, 5) is 15.1. The first kappa shape index (κ1) is 11.1. The van der Waals surface area contributed by atoms with E-state index >= 15 is 0 Å². The van der Waals surface area contributed by atoms with Crippen LogP contribution in [0.3, 0.4) is 0 Å².